The fraction of sp³-hybridized carbons (Fsp3) is 0.538. The van der Waals surface area contributed by atoms with Gasteiger partial charge in [-0.2, -0.15) is 4.36 Å². The first kappa shape index (κ1) is 16.3. The Hall–Kier alpha value is -1.12. The van der Waals surface area contributed by atoms with E-state index in [1.807, 2.05) is 0 Å². The first-order chi connectivity index (χ1) is 9.75. The van der Waals surface area contributed by atoms with Crippen LogP contribution in [0.4, 0.5) is 11.4 Å². The third-order valence-corrected chi connectivity index (χ3v) is 4.89. The van der Waals surface area contributed by atoms with E-state index in [9.17, 15) is 12.6 Å². The summed E-state index contributed by atoms with van der Waals surface area (Å²) in [6.45, 7) is 0.611. The molecule has 0 aromatic heterocycles. The monoisotopic (exact) mass is 332 g/mol. The van der Waals surface area contributed by atoms with E-state index < -0.39 is 19.8 Å². The van der Waals surface area contributed by atoms with Gasteiger partial charge in [0.2, 0.25) is 10.0 Å². The highest BCUT2D eigenvalue weighted by molar-refractivity contribution is 7.93. The Labute approximate surface area is 126 Å². The summed E-state index contributed by atoms with van der Waals surface area (Å²) in [6.07, 6.45) is 4.40. The van der Waals surface area contributed by atoms with Gasteiger partial charge in [-0.05, 0) is 25.0 Å². The molecule has 1 aliphatic heterocycles. The second kappa shape index (κ2) is 6.33. The van der Waals surface area contributed by atoms with Gasteiger partial charge in [0.15, 0.2) is 0 Å². The maximum Gasteiger partial charge on any atom is 0.235 e. The third-order valence-electron chi connectivity index (χ3n) is 2.92. The van der Waals surface area contributed by atoms with Crippen molar-refractivity contribution in [1.29, 1.82) is 0 Å². The van der Waals surface area contributed by atoms with Crippen LogP contribution in [0, 0.1) is 0 Å². The topological polar surface area (TPSA) is 84.8 Å². The van der Waals surface area contributed by atoms with Gasteiger partial charge in [0.25, 0.3) is 0 Å². The molecule has 0 spiro atoms. The fourth-order valence-corrected chi connectivity index (χ4v) is 4.08. The zero-order chi connectivity index (χ0) is 15.5. The molecule has 0 amide bonds. The van der Waals surface area contributed by atoms with Gasteiger partial charge in [-0.25, -0.2) is 12.6 Å². The average Bonchev–Trinajstić information content (AvgIpc) is 2.81. The molecule has 1 heterocycles. The molecule has 1 aromatic rings. The van der Waals surface area contributed by atoms with Gasteiger partial charge in [0.05, 0.1) is 23.2 Å². The summed E-state index contributed by atoms with van der Waals surface area (Å²) in [6, 6.07) is 6.67. The van der Waals surface area contributed by atoms with E-state index in [1.165, 1.54) is 12.5 Å². The van der Waals surface area contributed by atoms with Crippen LogP contribution in [0.15, 0.2) is 28.6 Å². The standard InChI is InChI=1S/C13H20N2O4S2/c1-20(2,16)14-12-7-3-4-8-13(12)15-21(17,18)10-11-6-5-9-19-11/h3-4,7-8,11,15H,5-6,9-10H2,1-2H3. The van der Waals surface area contributed by atoms with Crippen molar-refractivity contribution in [2.45, 2.75) is 18.9 Å². The van der Waals surface area contributed by atoms with Crippen molar-refractivity contribution in [2.24, 2.45) is 4.36 Å². The number of hydrogen-bond acceptors (Lipinski definition) is 5. The van der Waals surface area contributed by atoms with Crippen LogP contribution < -0.4 is 4.72 Å². The minimum Gasteiger partial charge on any atom is -0.377 e. The molecule has 1 unspecified atom stereocenters. The Morgan fingerprint density at radius 2 is 2.00 bits per heavy atom. The molecule has 1 atom stereocenters. The van der Waals surface area contributed by atoms with Crippen molar-refractivity contribution in [3.63, 3.8) is 0 Å². The van der Waals surface area contributed by atoms with Crippen molar-refractivity contribution >= 4 is 31.1 Å². The molecule has 0 bridgehead atoms. The largest absolute Gasteiger partial charge is 0.377 e. The van der Waals surface area contributed by atoms with Gasteiger partial charge in [0.1, 0.15) is 0 Å². The lowest BCUT2D eigenvalue weighted by molar-refractivity contribution is 0.127. The first-order valence-electron chi connectivity index (χ1n) is 6.63. The van der Waals surface area contributed by atoms with Crippen molar-refractivity contribution in [1.82, 2.24) is 0 Å². The van der Waals surface area contributed by atoms with Crippen molar-refractivity contribution < 1.29 is 17.4 Å². The molecule has 6 nitrogen and oxygen atoms in total. The highest BCUT2D eigenvalue weighted by atomic mass is 32.2. The lowest BCUT2D eigenvalue weighted by Gasteiger charge is -2.13. The van der Waals surface area contributed by atoms with Crippen LogP contribution in [0.2, 0.25) is 0 Å². The molecule has 8 heteroatoms. The molecule has 0 aliphatic carbocycles. The number of anilines is 1. The first-order valence-corrected chi connectivity index (χ1v) is 10.6. The quantitative estimate of drug-likeness (QED) is 0.893. The highest BCUT2D eigenvalue weighted by Crippen LogP contribution is 2.27. The molecule has 1 fully saturated rings. The van der Waals surface area contributed by atoms with Crippen molar-refractivity contribution in [2.75, 3.05) is 29.6 Å². The van der Waals surface area contributed by atoms with E-state index in [0.717, 1.165) is 12.8 Å². The third kappa shape index (κ3) is 5.29. The Morgan fingerprint density at radius 1 is 1.29 bits per heavy atom. The normalized spacial score (nSPS) is 19.4. The van der Waals surface area contributed by atoms with E-state index in [-0.39, 0.29) is 11.9 Å². The van der Waals surface area contributed by atoms with E-state index in [0.29, 0.717) is 18.0 Å². The van der Waals surface area contributed by atoms with Crippen LogP contribution in [-0.4, -0.2) is 43.6 Å². The maximum absolute atomic E-state index is 12.2. The van der Waals surface area contributed by atoms with E-state index >= 15 is 0 Å². The van der Waals surface area contributed by atoms with Crippen LogP contribution in [0.25, 0.3) is 0 Å². The smallest absolute Gasteiger partial charge is 0.235 e. The Bertz CT molecular complexity index is 707. The molecule has 118 valence electrons. The van der Waals surface area contributed by atoms with Gasteiger partial charge in [-0.1, -0.05) is 12.1 Å². The zero-order valence-electron chi connectivity index (χ0n) is 12.1. The van der Waals surface area contributed by atoms with E-state index in [2.05, 4.69) is 9.08 Å². The molecule has 0 saturated carbocycles. The summed E-state index contributed by atoms with van der Waals surface area (Å²) in [7, 11) is -5.89. The lowest BCUT2D eigenvalue weighted by Crippen LogP contribution is -2.25. The summed E-state index contributed by atoms with van der Waals surface area (Å²) in [5.74, 6) is -0.0744. The second-order valence-electron chi connectivity index (χ2n) is 5.31. The Balaban J connectivity index is 2.21. The van der Waals surface area contributed by atoms with Crippen LogP contribution in [-0.2, 0) is 24.5 Å². The number of para-hydroxylation sites is 1. The molecule has 2 rings (SSSR count). The van der Waals surface area contributed by atoms with Crippen molar-refractivity contribution in [3.05, 3.63) is 24.3 Å². The van der Waals surface area contributed by atoms with Gasteiger partial charge in [-0.15, -0.1) is 0 Å². The highest BCUT2D eigenvalue weighted by Gasteiger charge is 2.23. The van der Waals surface area contributed by atoms with Gasteiger partial charge < -0.3 is 4.74 Å². The maximum atomic E-state index is 12.2. The minimum absolute atomic E-state index is 0.0744. The molecule has 1 saturated heterocycles. The fourth-order valence-electron chi connectivity index (χ4n) is 2.11. The molecule has 0 radical (unpaired) electrons. The number of ether oxygens (including phenoxy) is 1. The van der Waals surface area contributed by atoms with Gasteiger partial charge in [0, 0.05) is 28.8 Å². The zero-order valence-corrected chi connectivity index (χ0v) is 13.7. The molecule has 1 aliphatic rings. The number of nitrogens with zero attached hydrogens (tertiary/aromatic N) is 1. The average molecular weight is 332 g/mol. The summed E-state index contributed by atoms with van der Waals surface area (Å²) >= 11 is 0. The molecule has 21 heavy (non-hydrogen) atoms. The van der Waals surface area contributed by atoms with Crippen LogP contribution in [0.3, 0.4) is 0 Å². The van der Waals surface area contributed by atoms with Crippen LogP contribution in [0.5, 0.6) is 0 Å². The molecule has 1 aromatic carbocycles. The SMILES string of the molecule is CS(C)(=O)=Nc1ccccc1NS(=O)(=O)CC1CCCO1. The predicted molar refractivity (Wildman–Crippen MR) is 84.9 cm³/mol. The lowest BCUT2D eigenvalue weighted by atomic mass is 10.3. The predicted octanol–water partition coefficient (Wildman–Crippen LogP) is 1.97. The number of nitrogens with one attached hydrogen (secondary N) is 1. The summed E-state index contributed by atoms with van der Waals surface area (Å²) < 4.78 is 48.1. The second-order valence-corrected chi connectivity index (χ2v) is 9.62. The minimum atomic E-state index is -3.52. The van der Waals surface area contributed by atoms with E-state index in [1.54, 1.807) is 24.3 Å². The number of hydrogen-bond donors (Lipinski definition) is 1. The molecule has 1 N–H and O–H groups in total. The van der Waals surface area contributed by atoms with Crippen LogP contribution >= 0.6 is 0 Å². The Kier molecular flexibility index (Phi) is 4.90. The summed E-state index contributed by atoms with van der Waals surface area (Å²) in [5.41, 5.74) is 0.718. The summed E-state index contributed by atoms with van der Waals surface area (Å²) in [4.78, 5) is 0. The van der Waals surface area contributed by atoms with E-state index in [4.69, 9.17) is 4.74 Å². The number of benzene rings is 1. The molecular formula is C13H20N2O4S2. The summed E-state index contributed by atoms with van der Waals surface area (Å²) in [5, 5.41) is 0. The Morgan fingerprint density at radius 3 is 2.62 bits per heavy atom. The molecular weight excluding hydrogens is 312 g/mol. The van der Waals surface area contributed by atoms with Gasteiger partial charge in [-0.3, -0.25) is 4.72 Å². The number of sulfonamides is 1. The van der Waals surface area contributed by atoms with Crippen LogP contribution in [0.1, 0.15) is 12.8 Å². The number of rotatable bonds is 5. The van der Waals surface area contributed by atoms with Gasteiger partial charge >= 0.3 is 0 Å². The van der Waals surface area contributed by atoms with Crippen molar-refractivity contribution in [3.8, 4) is 0 Å².